The third-order valence-electron chi connectivity index (χ3n) is 8.69. The highest BCUT2D eigenvalue weighted by molar-refractivity contribution is 6.31. The van der Waals surface area contributed by atoms with Gasteiger partial charge in [-0.05, 0) is 78.7 Å². The van der Waals surface area contributed by atoms with Gasteiger partial charge in [0.25, 0.3) is 0 Å². The van der Waals surface area contributed by atoms with E-state index in [0.29, 0.717) is 32.4 Å². The maximum absolute atomic E-state index is 14.8. The lowest BCUT2D eigenvalue weighted by Gasteiger charge is -2.39. The van der Waals surface area contributed by atoms with Gasteiger partial charge in [-0.15, -0.1) is 0 Å². The van der Waals surface area contributed by atoms with Crippen LogP contribution in [0.2, 0.25) is 10.0 Å². The first kappa shape index (κ1) is 25.8. The first-order valence-electron chi connectivity index (χ1n) is 13.4. The molecular formula is C34H24Cl2N2O3. The number of benzene rings is 4. The first-order chi connectivity index (χ1) is 19.8. The van der Waals surface area contributed by atoms with Crippen LogP contribution in [0, 0.1) is 5.92 Å². The van der Waals surface area contributed by atoms with Crippen LogP contribution in [0.1, 0.15) is 38.8 Å². The quantitative estimate of drug-likeness (QED) is 0.259. The predicted molar refractivity (Wildman–Crippen MR) is 162 cm³/mol. The monoisotopic (exact) mass is 578 g/mol. The van der Waals surface area contributed by atoms with E-state index in [1.54, 1.807) is 48.5 Å². The topological polar surface area (TPSA) is 66.5 Å². The van der Waals surface area contributed by atoms with Crippen molar-refractivity contribution in [1.82, 2.24) is 0 Å². The number of fused-ring (bicyclic) bond motifs is 6. The lowest BCUT2D eigenvalue weighted by Crippen LogP contribution is -2.51. The molecule has 1 spiro atoms. The van der Waals surface area contributed by atoms with Gasteiger partial charge in [0.2, 0.25) is 5.91 Å². The molecule has 1 fully saturated rings. The average molecular weight is 579 g/mol. The highest BCUT2D eigenvalue weighted by atomic mass is 35.5. The van der Waals surface area contributed by atoms with Crippen LogP contribution in [0.4, 0.5) is 11.4 Å². The average Bonchev–Trinajstić information content (AvgIpc) is 3.45. The van der Waals surface area contributed by atoms with E-state index in [2.05, 4.69) is 5.32 Å². The first-order valence-corrected chi connectivity index (χ1v) is 14.1. The van der Waals surface area contributed by atoms with Crippen LogP contribution < -0.4 is 10.2 Å². The number of hydrogen-bond donors (Lipinski definition) is 1. The molecule has 1 amide bonds. The third kappa shape index (κ3) is 3.66. The van der Waals surface area contributed by atoms with Crippen molar-refractivity contribution in [3.05, 3.63) is 135 Å². The van der Waals surface area contributed by atoms with Gasteiger partial charge in [0, 0.05) is 38.1 Å². The second kappa shape index (κ2) is 9.44. The molecule has 3 heterocycles. The smallest absolute Gasteiger partial charge is 0.238 e. The van der Waals surface area contributed by atoms with E-state index in [1.807, 2.05) is 66.4 Å². The van der Waals surface area contributed by atoms with Gasteiger partial charge >= 0.3 is 0 Å². The number of para-hydroxylation sites is 2. The Morgan fingerprint density at radius 3 is 2.05 bits per heavy atom. The fraction of sp³-hybridized carbons (Fsp3) is 0.147. The summed E-state index contributed by atoms with van der Waals surface area (Å²) in [6, 6.07) is 27.0. The summed E-state index contributed by atoms with van der Waals surface area (Å²) in [4.78, 5) is 45.8. The second-order valence-electron chi connectivity index (χ2n) is 10.8. The van der Waals surface area contributed by atoms with Crippen molar-refractivity contribution in [2.75, 3.05) is 10.2 Å². The molecule has 3 aliphatic heterocycles. The molecule has 4 atom stereocenters. The minimum absolute atomic E-state index is 0.254. The van der Waals surface area contributed by atoms with Crippen molar-refractivity contribution in [1.29, 1.82) is 0 Å². The SMILES string of the molecule is CC1=C[C@@H]2N(c3ccccc31)[C@@H](C(=O)c1ccc(Cl)cc1)[C@@H](C(=O)c1ccc(Cl)cc1)[C@]21C(=O)Nc2ccccc21. The van der Waals surface area contributed by atoms with E-state index in [1.165, 1.54) is 0 Å². The number of hydrogen-bond acceptors (Lipinski definition) is 4. The number of nitrogens with one attached hydrogen (secondary N) is 1. The minimum Gasteiger partial charge on any atom is -0.352 e. The number of carbonyl (C=O) groups is 3. The third-order valence-corrected chi connectivity index (χ3v) is 9.20. The zero-order chi connectivity index (χ0) is 28.5. The predicted octanol–water partition coefficient (Wildman–Crippen LogP) is 7.24. The van der Waals surface area contributed by atoms with Gasteiger partial charge in [-0.3, -0.25) is 14.4 Å². The molecule has 1 saturated heterocycles. The van der Waals surface area contributed by atoms with Gasteiger partial charge in [0.15, 0.2) is 11.6 Å². The molecule has 41 heavy (non-hydrogen) atoms. The number of nitrogens with zero attached hydrogens (tertiary/aromatic N) is 1. The van der Waals surface area contributed by atoms with Gasteiger partial charge in [-0.1, -0.05) is 65.7 Å². The minimum atomic E-state index is -1.37. The molecule has 0 bridgehead atoms. The van der Waals surface area contributed by atoms with Crippen LogP contribution in [-0.2, 0) is 10.2 Å². The van der Waals surface area contributed by atoms with Gasteiger partial charge in [0.1, 0.15) is 11.5 Å². The molecule has 1 N–H and O–H groups in total. The largest absolute Gasteiger partial charge is 0.352 e. The van der Waals surface area contributed by atoms with Gasteiger partial charge in [0.05, 0.1) is 12.0 Å². The van der Waals surface area contributed by atoms with E-state index < -0.39 is 23.4 Å². The Bertz CT molecular complexity index is 1780. The van der Waals surface area contributed by atoms with Crippen molar-refractivity contribution in [2.24, 2.45) is 5.92 Å². The van der Waals surface area contributed by atoms with Crippen molar-refractivity contribution in [3.8, 4) is 0 Å². The number of carbonyl (C=O) groups excluding carboxylic acids is 3. The highest BCUT2D eigenvalue weighted by Crippen LogP contribution is 2.58. The summed E-state index contributed by atoms with van der Waals surface area (Å²) in [7, 11) is 0. The molecule has 0 radical (unpaired) electrons. The fourth-order valence-corrected chi connectivity index (χ4v) is 7.22. The zero-order valence-corrected chi connectivity index (χ0v) is 23.5. The normalized spacial score (nSPS) is 23.9. The van der Waals surface area contributed by atoms with Crippen LogP contribution in [0.3, 0.4) is 0 Å². The number of halogens is 2. The van der Waals surface area contributed by atoms with Crippen molar-refractivity contribution < 1.29 is 14.4 Å². The number of rotatable bonds is 4. The summed E-state index contributed by atoms with van der Waals surface area (Å²) in [6.45, 7) is 2.01. The standard InChI is InChI=1S/C34H24Cl2N2O3/c1-19-18-28-34(25-7-3-4-8-26(25)37-33(34)41)29(31(39)20-10-14-22(35)15-11-20)30(32(40)21-12-16-23(36)17-13-21)38(28)27-9-5-2-6-24(19)27/h2-18,28-30H,1H3,(H,37,41)/t28-,29-,30+,34+/m0/s1. The molecule has 0 unspecified atom stereocenters. The van der Waals surface area contributed by atoms with E-state index in [-0.39, 0.29) is 17.5 Å². The van der Waals surface area contributed by atoms with Crippen LogP contribution in [0.25, 0.3) is 5.57 Å². The van der Waals surface area contributed by atoms with Crippen LogP contribution >= 0.6 is 23.2 Å². The number of allylic oxidation sites excluding steroid dienone is 1. The summed E-state index contributed by atoms with van der Waals surface area (Å²) in [5.74, 6) is -1.89. The van der Waals surface area contributed by atoms with Crippen LogP contribution in [0.15, 0.2) is 103 Å². The fourth-order valence-electron chi connectivity index (χ4n) is 6.97. The van der Waals surface area contributed by atoms with E-state index in [0.717, 1.165) is 16.8 Å². The summed E-state index contributed by atoms with van der Waals surface area (Å²) in [5, 5.41) is 4.05. The van der Waals surface area contributed by atoms with Crippen molar-refractivity contribution in [2.45, 2.75) is 24.4 Å². The summed E-state index contributed by atoms with van der Waals surface area (Å²) in [6.07, 6.45) is 2.04. The zero-order valence-electron chi connectivity index (χ0n) is 22.0. The molecule has 4 aromatic carbocycles. The number of anilines is 2. The summed E-state index contributed by atoms with van der Waals surface area (Å²) in [5.41, 5.74) is 3.55. The van der Waals surface area contributed by atoms with Crippen LogP contribution in [-0.4, -0.2) is 29.6 Å². The Morgan fingerprint density at radius 2 is 1.37 bits per heavy atom. The van der Waals surface area contributed by atoms with Gasteiger partial charge in [-0.25, -0.2) is 0 Å². The Kier molecular flexibility index (Phi) is 5.93. The van der Waals surface area contributed by atoms with Crippen LogP contribution in [0.5, 0.6) is 0 Å². The molecule has 7 rings (SSSR count). The van der Waals surface area contributed by atoms with E-state index in [9.17, 15) is 14.4 Å². The lowest BCUT2D eigenvalue weighted by molar-refractivity contribution is -0.121. The Labute approximate surface area is 247 Å². The van der Waals surface area contributed by atoms with Crippen molar-refractivity contribution in [3.63, 3.8) is 0 Å². The number of Topliss-reactive ketones (excluding diaryl/α,β-unsaturated/α-hetero) is 2. The molecule has 4 aromatic rings. The summed E-state index contributed by atoms with van der Waals surface area (Å²) >= 11 is 12.3. The highest BCUT2D eigenvalue weighted by Gasteiger charge is 2.70. The molecule has 0 aliphatic carbocycles. The van der Waals surface area contributed by atoms with Gasteiger partial charge < -0.3 is 10.2 Å². The number of ketones is 2. The van der Waals surface area contributed by atoms with Gasteiger partial charge in [-0.2, -0.15) is 0 Å². The Balaban J connectivity index is 1.55. The van der Waals surface area contributed by atoms with E-state index in [4.69, 9.17) is 23.2 Å². The van der Waals surface area contributed by atoms with E-state index >= 15 is 0 Å². The molecule has 7 heteroatoms. The molecule has 202 valence electrons. The number of amides is 1. The lowest BCUT2D eigenvalue weighted by atomic mass is 9.64. The Morgan fingerprint density at radius 1 is 0.780 bits per heavy atom. The maximum Gasteiger partial charge on any atom is 0.238 e. The molecular weight excluding hydrogens is 555 g/mol. The molecule has 3 aliphatic rings. The molecule has 0 saturated carbocycles. The van der Waals surface area contributed by atoms with Crippen molar-refractivity contribution >= 4 is 57.6 Å². The molecule has 0 aromatic heterocycles. The maximum atomic E-state index is 14.8. The second-order valence-corrected chi connectivity index (χ2v) is 11.6. The Hall–Kier alpha value is -4.19. The molecule has 5 nitrogen and oxygen atoms in total. The summed E-state index contributed by atoms with van der Waals surface area (Å²) < 4.78 is 0.